The summed E-state index contributed by atoms with van der Waals surface area (Å²) in [7, 11) is 4.51. The molecule has 0 aromatic heterocycles. The second-order valence-corrected chi connectivity index (χ2v) is 8.40. The number of ether oxygens (including phenoxy) is 4. The lowest BCUT2D eigenvalue weighted by Crippen LogP contribution is -2.32. The Morgan fingerprint density at radius 1 is 0.892 bits per heavy atom. The monoisotopic (exact) mass is 503 g/mol. The number of aliphatic hydroxyl groups excluding tert-OH is 1. The highest BCUT2D eigenvalue weighted by Crippen LogP contribution is 2.41. The fourth-order valence-corrected chi connectivity index (χ4v) is 4.27. The highest BCUT2D eigenvalue weighted by atomic mass is 16.5. The number of likely N-dealkylation sites (tertiary alicyclic amines) is 1. The van der Waals surface area contributed by atoms with E-state index in [9.17, 15) is 14.7 Å². The molecule has 0 bridgehead atoms. The van der Waals surface area contributed by atoms with E-state index < -0.39 is 17.7 Å². The number of nitrogens with zero attached hydrogens (tertiary/aromatic N) is 1. The van der Waals surface area contributed by atoms with Gasteiger partial charge in [-0.2, -0.15) is 0 Å². The quantitative estimate of drug-likeness (QED) is 0.250. The Hall–Kier alpha value is -4.30. The zero-order chi connectivity index (χ0) is 26.4. The van der Waals surface area contributed by atoms with Gasteiger partial charge in [-0.15, -0.1) is 0 Å². The van der Waals surface area contributed by atoms with Gasteiger partial charge in [-0.1, -0.05) is 42.5 Å². The van der Waals surface area contributed by atoms with Gasteiger partial charge in [0.2, 0.25) is 0 Å². The van der Waals surface area contributed by atoms with Crippen molar-refractivity contribution in [1.82, 2.24) is 4.90 Å². The van der Waals surface area contributed by atoms with E-state index in [1.807, 2.05) is 30.3 Å². The fraction of sp³-hybridized carbons (Fsp3) is 0.241. The lowest BCUT2D eigenvalue weighted by atomic mass is 9.95. The van der Waals surface area contributed by atoms with E-state index >= 15 is 0 Å². The lowest BCUT2D eigenvalue weighted by Gasteiger charge is -2.25. The molecule has 1 amide bonds. The molecule has 1 aliphatic heterocycles. The summed E-state index contributed by atoms with van der Waals surface area (Å²) in [6, 6.07) is 20.9. The van der Waals surface area contributed by atoms with E-state index in [1.165, 1.54) is 26.2 Å². The number of benzene rings is 3. The van der Waals surface area contributed by atoms with Crippen molar-refractivity contribution >= 4 is 17.4 Å². The van der Waals surface area contributed by atoms with Crippen LogP contribution in [0.5, 0.6) is 17.2 Å². The third-order valence-electron chi connectivity index (χ3n) is 6.18. The molecule has 8 nitrogen and oxygen atoms in total. The van der Waals surface area contributed by atoms with Crippen LogP contribution in [0.1, 0.15) is 22.7 Å². The predicted octanol–water partition coefficient (Wildman–Crippen LogP) is 4.35. The first kappa shape index (κ1) is 25.8. The second-order valence-electron chi connectivity index (χ2n) is 8.40. The summed E-state index contributed by atoms with van der Waals surface area (Å²) in [5.41, 5.74) is 2.01. The molecule has 0 radical (unpaired) electrons. The normalized spacial score (nSPS) is 16.6. The minimum atomic E-state index is -0.800. The van der Waals surface area contributed by atoms with Gasteiger partial charge in [0.05, 0.1) is 32.4 Å². The van der Waals surface area contributed by atoms with Gasteiger partial charge in [0.15, 0.2) is 11.5 Å². The Balaban J connectivity index is 1.70. The average Bonchev–Trinajstić information content (AvgIpc) is 3.19. The van der Waals surface area contributed by atoms with Gasteiger partial charge >= 0.3 is 0 Å². The summed E-state index contributed by atoms with van der Waals surface area (Å²) in [6.45, 7) is 0.824. The fourth-order valence-electron chi connectivity index (χ4n) is 4.27. The number of hydrogen-bond acceptors (Lipinski definition) is 7. The van der Waals surface area contributed by atoms with E-state index in [0.29, 0.717) is 35.0 Å². The molecule has 192 valence electrons. The molecule has 37 heavy (non-hydrogen) atoms. The molecule has 1 atom stereocenters. The Kier molecular flexibility index (Phi) is 8.10. The van der Waals surface area contributed by atoms with Gasteiger partial charge in [0.25, 0.3) is 11.7 Å². The molecule has 8 heteroatoms. The molecule has 3 aromatic carbocycles. The van der Waals surface area contributed by atoms with Crippen LogP contribution in [0.15, 0.2) is 78.4 Å². The number of aliphatic hydroxyl groups is 1. The molecule has 1 fully saturated rings. The molecule has 1 unspecified atom stereocenters. The summed E-state index contributed by atoms with van der Waals surface area (Å²) < 4.78 is 21.7. The first-order valence-corrected chi connectivity index (χ1v) is 11.7. The highest BCUT2D eigenvalue weighted by molar-refractivity contribution is 6.46. The number of carbonyl (C=O) groups is 2. The maximum absolute atomic E-state index is 13.2. The Labute approximate surface area is 215 Å². The third kappa shape index (κ3) is 5.44. The Morgan fingerprint density at radius 3 is 2.24 bits per heavy atom. The second kappa shape index (κ2) is 11.6. The third-order valence-corrected chi connectivity index (χ3v) is 6.18. The number of methoxy groups -OCH3 is 3. The molecule has 1 aliphatic rings. The van der Waals surface area contributed by atoms with E-state index in [4.69, 9.17) is 18.9 Å². The molecule has 4 rings (SSSR count). The number of ketones is 1. The van der Waals surface area contributed by atoms with Crippen molar-refractivity contribution < 1.29 is 33.6 Å². The van der Waals surface area contributed by atoms with Gasteiger partial charge in [0, 0.05) is 19.2 Å². The summed E-state index contributed by atoms with van der Waals surface area (Å²) in [5, 5.41) is 11.3. The van der Waals surface area contributed by atoms with Crippen LogP contribution in [0.2, 0.25) is 0 Å². The molecule has 0 spiro atoms. The number of hydrogen-bond donors (Lipinski definition) is 1. The van der Waals surface area contributed by atoms with Crippen LogP contribution in [-0.4, -0.2) is 56.2 Å². The van der Waals surface area contributed by atoms with Crippen molar-refractivity contribution in [2.45, 2.75) is 12.6 Å². The minimum absolute atomic E-state index is 0.00808. The maximum Gasteiger partial charge on any atom is 0.295 e. The van der Waals surface area contributed by atoms with Crippen LogP contribution in [0.25, 0.3) is 5.76 Å². The van der Waals surface area contributed by atoms with Crippen molar-refractivity contribution in [1.29, 1.82) is 0 Å². The average molecular weight is 504 g/mol. The standard InChI is InChI=1S/C29H29NO7/c1-34-16-15-30-26(20-9-12-22(13-10-20)37-18-19-7-5-4-6-8-19)25(28(32)29(30)33)27(31)21-11-14-23(35-2)24(17-21)36-3/h4-14,17,26,31H,15-16,18H2,1-3H3/b27-25-. The van der Waals surface area contributed by atoms with Crippen molar-refractivity contribution in [3.8, 4) is 17.2 Å². The number of carbonyl (C=O) groups excluding carboxylic acids is 2. The van der Waals surface area contributed by atoms with E-state index in [0.717, 1.165) is 5.56 Å². The van der Waals surface area contributed by atoms with Crippen molar-refractivity contribution in [3.63, 3.8) is 0 Å². The summed E-state index contributed by atoms with van der Waals surface area (Å²) in [6.07, 6.45) is 0. The van der Waals surface area contributed by atoms with Crippen molar-refractivity contribution in [2.24, 2.45) is 0 Å². The smallest absolute Gasteiger partial charge is 0.295 e. The van der Waals surface area contributed by atoms with Crippen LogP contribution in [0, 0.1) is 0 Å². The Bertz CT molecular complexity index is 1290. The summed E-state index contributed by atoms with van der Waals surface area (Å²) in [5.74, 6) is -0.264. The number of amides is 1. The first-order chi connectivity index (χ1) is 18.0. The van der Waals surface area contributed by atoms with E-state index in [1.54, 1.807) is 42.5 Å². The van der Waals surface area contributed by atoms with Crippen molar-refractivity contribution in [2.75, 3.05) is 34.5 Å². The van der Waals surface area contributed by atoms with Crippen LogP contribution in [-0.2, 0) is 20.9 Å². The molecule has 1 heterocycles. The molecule has 1 saturated heterocycles. The topological polar surface area (TPSA) is 94.5 Å². The molecule has 3 aromatic rings. The highest BCUT2D eigenvalue weighted by Gasteiger charge is 2.45. The number of Topliss-reactive ketones (excluding diaryl/α,β-unsaturated/α-hetero) is 1. The molecular weight excluding hydrogens is 474 g/mol. The number of rotatable bonds is 10. The van der Waals surface area contributed by atoms with Gasteiger partial charge in [-0.05, 0) is 41.5 Å². The lowest BCUT2D eigenvalue weighted by molar-refractivity contribution is -0.140. The van der Waals surface area contributed by atoms with Crippen LogP contribution in [0.4, 0.5) is 0 Å². The van der Waals surface area contributed by atoms with E-state index in [-0.39, 0.29) is 24.5 Å². The Morgan fingerprint density at radius 2 is 1.59 bits per heavy atom. The maximum atomic E-state index is 13.2. The van der Waals surface area contributed by atoms with Gasteiger partial charge in [0.1, 0.15) is 18.1 Å². The molecule has 1 N–H and O–H groups in total. The zero-order valence-electron chi connectivity index (χ0n) is 21.0. The van der Waals surface area contributed by atoms with Crippen LogP contribution < -0.4 is 14.2 Å². The molecular formula is C29H29NO7. The summed E-state index contributed by atoms with van der Waals surface area (Å²) in [4.78, 5) is 27.6. The SMILES string of the molecule is COCCN1C(=O)C(=O)/C(=C(\O)c2ccc(OC)c(OC)c2)C1c1ccc(OCc2ccccc2)cc1. The minimum Gasteiger partial charge on any atom is -0.507 e. The van der Waals surface area contributed by atoms with Crippen LogP contribution >= 0.6 is 0 Å². The zero-order valence-corrected chi connectivity index (χ0v) is 21.0. The molecule has 0 aliphatic carbocycles. The van der Waals surface area contributed by atoms with E-state index in [2.05, 4.69) is 0 Å². The van der Waals surface area contributed by atoms with Crippen molar-refractivity contribution in [3.05, 3.63) is 95.1 Å². The first-order valence-electron chi connectivity index (χ1n) is 11.7. The predicted molar refractivity (Wildman–Crippen MR) is 138 cm³/mol. The van der Waals surface area contributed by atoms with Gasteiger partial charge in [-0.25, -0.2) is 0 Å². The largest absolute Gasteiger partial charge is 0.507 e. The molecule has 0 saturated carbocycles. The van der Waals surface area contributed by atoms with Crippen LogP contribution in [0.3, 0.4) is 0 Å². The summed E-state index contributed by atoms with van der Waals surface area (Å²) >= 11 is 0. The van der Waals surface area contributed by atoms with Gasteiger partial charge < -0.3 is 29.0 Å². The van der Waals surface area contributed by atoms with Gasteiger partial charge in [-0.3, -0.25) is 9.59 Å².